The van der Waals surface area contributed by atoms with Crippen molar-refractivity contribution in [2.24, 2.45) is 5.92 Å². The molecule has 2 N–H and O–H groups in total. The minimum absolute atomic E-state index is 0.0242. The zero-order valence-corrected chi connectivity index (χ0v) is 21.2. The molecule has 0 spiro atoms. The van der Waals surface area contributed by atoms with E-state index in [4.69, 9.17) is 26.4 Å². The van der Waals surface area contributed by atoms with Crippen molar-refractivity contribution in [3.05, 3.63) is 60.1 Å². The van der Waals surface area contributed by atoms with Crippen molar-refractivity contribution in [2.75, 3.05) is 19.5 Å². The van der Waals surface area contributed by atoms with Gasteiger partial charge in [-0.05, 0) is 61.7 Å². The van der Waals surface area contributed by atoms with Crippen LogP contribution in [0, 0.1) is 11.7 Å². The maximum absolute atomic E-state index is 14.9. The fourth-order valence-corrected chi connectivity index (χ4v) is 4.44. The molecule has 36 heavy (non-hydrogen) atoms. The average Bonchev–Trinajstić information content (AvgIpc) is 2.84. The first-order valence-electron chi connectivity index (χ1n) is 11.6. The molecule has 1 aliphatic carbocycles. The lowest BCUT2D eigenvalue weighted by Crippen LogP contribution is -2.34. The van der Waals surface area contributed by atoms with Crippen molar-refractivity contribution in [3.8, 4) is 23.0 Å². The van der Waals surface area contributed by atoms with Gasteiger partial charge in [0.2, 0.25) is 5.91 Å². The first kappa shape index (κ1) is 25.4. The minimum Gasteiger partial charge on any atom is -0.493 e. The zero-order chi connectivity index (χ0) is 25.7. The number of allylic oxidation sites excluding steroid dienone is 1. The van der Waals surface area contributed by atoms with E-state index in [0.717, 1.165) is 24.8 Å². The van der Waals surface area contributed by atoms with Gasteiger partial charge in [-0.3, -0.25) is 9.78 Å². The van der Waals surface area contributed by atoms with Gasteiger partial charge < -0.3 is 24.8 Å². The Balaban J connectivity index is 1.42. The summed E-state index contributed by atoms with van der Waals surface area (Å²) in [5.41, 5.74) is 2.13. The number of hydrogen-bond donors (Lipinski definition) is 2. The molecule has 3 aromatic rings. The second kappa shape index (κ2) is 11.3. The number of nitrogens with zero attached hydrogens (tertiary/aromatic N) is 1. The van der Waals surface area contributed by atoms with Gasteiger partial charge >= 0.3 is 0 Å². The van der Waals surface area contributed by atoms with Crippen LogP contribution < -0.4 is 24.8 Å². The summed E-state index contributed by atoms with van der Waals surface area (Å²) in [6.45, 7) is 2.18. The average molecular weight is 510 g/mol. The number of ether oxygens (including phenoxy) is 3. The highest BCUT2D eigenvalue weighted by Gasteiger charge is 2.16. The largest absolute Gasteiger partial charge is 0.493 e. The van der Waals surface area contributed by atoms with E-state index >= 15 is 0 Å². The summed E-state index contributed by atoms with van der Waals surface area (Å²) in [7, 11) is 3.08. The maximum Gasteiger partial charge on any atom is 0.230 e. The van der Waals surface area contributed by atoms with Gasteiger partial charge in [-0.25, -0.2) is 4.39 Å². The number of thiocarbonyl (C=S) groups is 1. The van der Waals surface area contributed by atoms with Gasteiger partial charge in [0, 0.05) is 35.8 Å². The third kappa shape index (κ3) is 6.09. The van der Waals surface area contributed by atoms with Gasteiger partial charge in [0.15, 0.2) is 28.2 Å². The normalized spacial score (nSPS) is 15.1. The van der Waals surface area contributed by atoms with Gasteiger partial charge in [0.1, 0.15) is 5.75 Å². The number of nitrogens with one attached hydrogen (secondary N) is 2. The lowest BCUT2D eigenvalue weighted by Gasteiger charge is -2.19. The molecule has 1 amide bonds. The van der Waals surface area contributed by atoms with Crippen LogP contribution in [0.5, 0.6) is 23.0 Å². The van der Waals surface area contributed by atoms with Crippen LogP contribution in [0.2, 0.25) is 0 Å². The fourth-order valence-electron chi connectivity index (χ4n) is 4.20. The van der Waals surface area contributed by atoms with E-state index in [1.807, 2.05) is 0 Å². The first-order chi connectivity index (χ1) is 17.4. The van der Waals surface area contributed by atoms with Crippen molar-refractivity contribution in [1.29, 1.82) is 0 Å². The Kier molecular flexibility index (Phi) is 8.00. The summed E-state index contributed by atoms with van der Waals surface area (Å²) in [6, 6.07) is 9.47. The van der Waals surface area contributed by atoms with Crippen molar-refractivity contribution in [1.82, 2.24) is 10.3 Å². The molecule has 0 bridgehead atoms. The number of aromatic nitrogens is 1. The van der Waals surface area contributed by atoms with Crippen LogP contribution in [0.25, 0.3) is 10.9 Å². The lowest BCUT2D eigenvalue weighted by molar-refractivity contribution is -0.119. The number of benzene rings is 2. The third-order valence-electron chi connectivity index (χ3n) is 5.96. The maximum atomic E-state index is 14.9. The third-order valence-corrected chi connectivity index (χ3v) is 6.16. The number of amides is 1. The molecule has 1 heterocycles. The van der Waals surface area contributed by atoms with E-state index in [1.54, 1.807) is 37.6 Å². The van der Waals surface area contributed by atoms with Crippen LogP contribution >= 0.6 is 12.2 Å². The molecule has 0 saturated heterocycles. The Morgan fingerprint density at radius 3 is 2.61 bits per heavy atom. The van der Waals surface area contributed by atoms with Gasteiger partial charge in [0.05, 0.1) is 19.7 Å². The molecule has 0 radical (unpaired) electrons. The van der Waals surface area contributed by atoms with Crippen LogP contribution in [0.15, 0.2) is 54.2 Å². The SMILES string of the molecule is COc1cc2nccc(Oc3ccc(NC(=S)NC(=O)CC4=CCCC(C)C4)cc3F)c2cc1OC. The molecule has 7 nitrogen and oxygen atoms in total. The molecule has 0 aliphatic heterocycles. The van der Waals surface area contributed by atoms with Crippen LogP contribution in [0.1, 0.15) is 32.6 Å². The Labute approximate surface area is 214 Å². The van der Waals surface area contributed by atoms with Crippen molar-refractivity contribution >= 4 is 39.8 Å². The number of anilines is 1. The Morgan fingerprint density at radius 1 is 1.11 bits per heavy atom. The summed E-state index contributed by atoms with van der Waals surface area (Å²) in [4.78, 5) is 16.7. The summed E-state index contributed by atoms with van der Waals surface area (Å²) in [6.07, 6.45) is 7.08. The highest BCUT2D eigenvalue weighted by atomic mass is 32.1. The number of hydrogen-bond acceptors (Lipinski definition) is 6. The van der Waals surface area contributed by atoms with E-state index < -0.39 is 5.82 Å². The Morgan fingerprint density at radius 2 is 1.89 bits per heavy atom. The summed E-state index contributed by atoms with van der Waals surface area (Å²) < 4.78 is 31.4. The number of halogens is 1. The Bertz CT molecular complexity index is 1330. The molecule has 1 aromatic heterocycles. The van der Waals surface area contributed by atoms with Crippen LogP contribution in [-0.2, 0) is 4.79 Å². The van der Waals surface area contributed by atoms with Gasteiger partial charge in [-0.15, -0.1) is 0 Å². The number of rotatable bonds is 7. The highest BCUT2D eigenvalue weighted by Crippen LogP contribution is 2.37. The Hall–Kier alpha value is -3.72. The number of methoxy groups -OCH3 is 2. The van der Waals surface area contributed by atoms with Crippen molar-refractivity contribution in [3.63, 3.8) is 0 Å². The lowest BCUT2D eigenvalue weighted by atomic mass is 9.89. The van der Waals surface area contributed by atoms with Crippen molar-refractivity contribution in [2.45, 2.75) is 32.6 Å². The van der Waals surface area contributed by atoms with Gasteiger partial charge in [-0.2, -0.15) is 0 Å². The monoisotopic (exact) mass is 509 g/mol. The molecule has 1 atom stereocenters. The number of carbonyl (C=O) groups is 1. The quantitative estimate of drug-likeness (QED) is 0.293. The second-order valence-corrected chi connectivity index (χ2v) is 9.12. The van der Waals surface area contributed by atoms with Gasteiger partial charge in [-0.1, -0.05) is 18.6 Å². The molecular weight excluding hydrogens is 481 g/mol. The predicted octanol–water partition coefficient (Wildman–Crippen LogP) is 6.13. The molecule has 0 saturated carbocycles. The molecule has 188 valence electrons. The molecule has 4 rings (SSSR count). The summed E-state index contributed by atoms with van der Waals surface area (Å²) in [5.74, 6) is 1.27. The topological polar surface area (TPSA) is 81.7 Å². The highest BCUT2D eigenvalue weighted by molar-refractivity contribution is 7.80. The fraction of sp³-hybridized carbons (Fsp3) is 0.296. The van der Waals surface area contributed by atoms with Crippen LogP contribution in [-0.4, -0.2) is 30.2 Å². The number of fused-ring (bicyclic) bond motifs is 1. The molecule has 0 fully saturated rings. The van der Waals surface area contributed by atoms with Gasteiger partial charge in [0.25, 0.3) is 0 Å². The molecule has 1 aliphatic rings. The molecule has 9 heteroatoms. The van der Waals surface area contributed by atoms with E-state index in [-0.39, 0.29) is 16.8 Å². The zero-order valence-electron chi connectivity index (χ0n) is 20.4. The molecule has 2 aromatic carbocycles. The van der Waals surface area contributed by atoms with E-state index in [0.29, 0.717) is 46.2 Å². The summed E-state index contributed by atoms with van der Waals surface area (Å²) >= 11 is 5.24. The number of pyridine rings is 1. The molecular formula is C27H28FN3O4S. The van der Waals surface area contributed by atoms with Crippen LogP contribution in [0.3, 0.4) is 0 Å². The van der Waals surface area contributed by atoms with Crippen LogP contribution in [0.4, 0.5) is 10.1 Å². The second-order valence-electron chi connectivity index (χ2n) is 8.71. The van der Waals surface area contributed by atoms with E-state index in [1.165, 1.54) is 19.2 Å². The number of carbonyl (C=O) groups excluding carboxylic acids is 1. The smallest absolute Gasteiger partial charge is 0.230 e. The minimum atomic E-state index is -0.596. The summed E-state index contributed by atoms with van der Waals surface area (Å²) in [5, 5.41) is 6.27. The standard InChI is InChI=1S/C27H28FN3O4S/c1-16-5-4-6-17(11-16)12-26(32)31-27(36)30-18-7-8-23(20(28)13-18)35-22-9-10-29-21-15-25(34-3)24(33-2)14-19(21)22/h6-10,13-16H,4-5,11-12H2,1-3H3,(H2,30,31,32,36). The predicted molar refractivity (Wildman–Crippen MR) is 141 cm³/mol. The van der Waals surface area contributed by atoms with E-state index in [9.17, 15) is 9.18 Å². The van der Waals surface area contributed by atoms with Crippen molar-refractivity contribution < 1.29 is 23.4 Å². The van der Waals surface area contributed by atoms with E-state index in [2.05, 4.69) is 28.6 Å². The first-order valence-corrected chi connectivity index (χ1v) is 12.0. The molecule has 1 unspecified atom stereocenters.